The normalized spacial score (nSPS) is 10.7. The van der Waals surface area contributed by atoms with E-state index in [4.69, 9.17) is 14.7 Å². The van der Waals surface area contributed by atoms with Crippen LogP contribution in [0.15, 0.2) is 23.8 Å². The molecule has 5 nitrogen and oxygen atoms in total. The van der Waals surface area contributed by atoms with Crippen LogP contribution in [0.5, 0.6) is 11.5 Å². The molecule has 1 rings (SSSR count). The van der Waals surface area contributed by atoms with Crippen molar-refractivity contribution in [3.05, 3.63) is 29.3 Å². The van der Waals surface area contributed by atoms with Crippen molar-refractivity contribution in [1.29, 1.82) is 5.26 Å². The Morgan fingerprint density at radius 3 is 2.76 bits per heavy atom. The molecule has 0 saturated carbocycles. The zero-order chi connectivity index (χ0) is 15.7. The van der Waals surface area contributed by atoms with E-state index >= 15 is 0 Å². The van der Waals surface area contributed by atoms with Crippen molar-refractivity contribution >= 4 is 12.0 Å². The molecule has 0 unspecified atom stereocenters. The van der Waals surface area contributed by atoms with Crippen molar-refractivity contribution in [1.82, 2.24) is 5.32 Å². The van der Waals surface area contributed by atoms with E-state index in [1.807, 2.05) is 19.9 Å². The molecule has 0 aliphatic carbocycles. The topological polar surface area (TPSA) is 71.4 Å². The van der Waals surface area contributed by atoms with Gasteiger partial charge in [-0.2, -0.15) is 5.26 Å². The molecule has 5 heteroatoms. The highest BCUT2D eigenvalue weighted by molar-refractivity contribution is 6.02. The van der Waals surface area contributed by atoms with Gasteiger partial charge in [0.1, 0.15) is 11.6 Å². The molecule has 0 aliphatic heterocycles. The lowest BCUT2D eigenvalue weighted by atomic mass is 10.1. The summed E-state index contributed by atoms with van der Waals surface area (Å²) in [5.74, 6) is 0.708. The number of rotatable bonds is 7. The molecule has 21 heavy (non-hydrogen) atoms. The third-order valence-corrected chi connectivity index (χ3v) is 2.72. The van der Waals surface area contributed by atoms with Crippen molar-refractivity contribution in [2.24, 2.45) is 0 Å². The van der Waals surface area contributed by atoms with Crippen LogP contribution in [0.3, 0.4) is 0 Å². The van der Waals surface area contributed by atoms with Gasteiger partial charge in [-0.25, -0.2) is 0 Å². The highest BCUT2D eigenvalue weighted by Crippen LogP contribution is 2.32. The van der Waals surface area contributed by atoms with Gasteiger partial charge >= 0.3 is 0 Å². The average molecular weight is 288 g/mol. The summed E-state index contributed by atoms with van der Waals surface area (Å²) in [4.78, 5) is 11.9. The number of hydrogen-bond acceptors (Lipinski definition) is 4. The molecule has 0 aromatic heterocycles. The maximum atomic E-state index is 11.9. The lowest BCUT2D eigenvalue weighted by Crippen LogP contribution is -2.25. The highest BCUT2D eigenvalue weighted by atomic mass is 16.5. The number of nitrogens with zero attached hydrogens (tertiary/aromatic N) is 1. The number of ether oxygens (including phenoxy) is 2. The Bertz CT molecular complexity index is 559. The molecule has 1 aromatic rings. The SMILES string of the molecule is CCCNC(=O)/C(C#N)=C\c1cccc(OC)c1OCC. The van der Waals surface area contributed by atoms with Crippen molar-refractivity contribution in [3.63, 3.8) is 0 Å². The van der Waals surface area contributed by atoms with E-state index in [-0.39, 0.29) is 11.5 Å². The summed E-state index contributed by atoms with van der Waals surface area (Å²) in [6.07, 6.45) is 2.33. The average Bonchev–Trinajstić information content (AvgIpc) is 2.51. The van der Waals surface area contributed by atoms with Crippen LogP contribution in [0, 0.1) is 11.3 Å². The standard InChI is InChI=1S/C16H20N2O3/c1-4-9-18-16(19)13(11-17)10-12-7-6-8-14(20-3)15(12)21-5-2/h6-8,10H,4-5,9H2,1-3H3,(H,18,19)/b13-10-. The van der Waals surface area contributed by atoms with Crippen LogP contribution >= 0.6 is 0 Å². The number of methoxy groups -OCH3 is 1. The summed E-state index contributed by atoms with van der Waals surface area (Å²) in [5, 5.41) is 11.8. The monoisotopic (exact) mass is 288 g/mol. The summed E-state index contributed by atoms with van der Waals surface area (Å²) in [6, 6.07) is 7.25. The second kappa shape index (κ2) is 8.64. The van der Waals surface area contributed by atoms with Crippen LogP contribution in [0.2, 0.25) is 0 Å². The van der Waals surface area contributed by atoms with Crippen LogP contribution in [0.1, 0.15) is 25.8 Å². The van der Waals surface area contributed by atoms with Gasteiger partial charge in [-0.1, -0.05) is 19.1 Å². The first-order valence-electron chi connectivity index (χ1n) is 6.87. The van der Waals surface area contributed by atoms with Gasteiger partial charge in [0.15, 0.2) is 11.5 Å². The first-order valence-corrected chi connectivity index (χ1v) is 6.87. The third-order valence-electron chi connectivity index (χ3n) is 2.72. The van der Waals surface area contributed by atoms with Gasteiger partial charge < -0.3 is 14.8 Å². The van der Waals surface area contributed by atoms with Gasteiger partial charge in [0.2, 0.25) is 0 Å². The van der Waals surface area contributed by atoms with Gasteiger partial charge in [0, 0.05) is 12.1 Å². The zero-order valence-corrected chi connectivity index (χ0v) is 12.6. The van der Waals surface area contributed by atoms with Crippen LogP contribution in [0.4, 0.5) is 0 Å². The number of nitrogens with one attached hydrogen (secondary N) is 1. The van der Waals surface area contributed by atoms with Crippen molar-refractivity contribution in [2.75, 3.05) is 20.3 Å². The molecule has 0 radical (unpaired) electrons. The minimum atomic E-state index is -0.385. The molecule has 0 atom stereocenters. The smallest absolute Gasteiger partial charge is 0.261 e. The predicted octanol–water partition coefficient (Wildman–Crippen LogP) is 2.53. The number of benzene rings is 1. The Morgan fingerprint density at radius 2 is 2.19 bits per heavy atom. The molecule has 0 fully saturated rings. The number of carbonyl (C=O) groups excluding carboxylic acids is 1. The van der Waals surface area contributed by atoms with Crippen LogP contribution in [-0.4, -0.2) is 26.2 Å². The molecule has 0 aliphatic rings. The lowest BCUT2D eigenvalue weighted by Gasteiger charge is -2.12. The van der Waals surface area contributed by atoms with Crippen LogP contribution in [-0.2, 0) is 4.79 Å². The fourth-order valence-electron chi connectivity index (χ4n) is 1.74. The van der Waals surface area contributed by atoms with Gasteiger partial charge in [-0.15, -0.1) is 0 Å². The Balaban J connectivity index is 3.16. The molecule has 0 saturated heterocycles. The number of para-hydroxylation sites is 1. The Labute approximate surface area is 125 Å². The number of carbonyl (C=O) groups is 1. The minimum Gasteiger partial charge on any atom is -0.493 e. The summed E-state index contributed by atoms with van der Waals surface area (Å²) in [7, 11) is 1.55. The Hall–Kier alpha value is -2.48. The fourth-order valence-corrected chi connectivity index (χ4v) is 1.74. The van der Waals surface area contributed by atoms with Crippen LogP contribution < -0.4 is 14.8 Å². The summed E-state index contributed by atoms with van der Waals surface area (Å²) < 4.78 is 10.8. The zero-order valence-electron chi connectivity index (χ0n) is 12.6. The quantitative estimate of drug-likeness (QED) is 0.618. The minimum absolute atomic E-state index is 0.0395. The number of nitriles is 1. The second-order valence-electron chi connectivity index (χ2n) is 4.24. The Morgan fingerprint density at radius 1 is 1.43 bits per heavy atom. The molecule has 0 heterocycles. The third kappa shape index (κ3) is 4.53. The molecule has 0 bridgehead atoms. The number of amides is 1. The largest absolute Gasteiger partial charge is 0.493 e. The molecular weight excluding hydrogens is 268 g/mol. The van der Waals surface area contributed by atoms with Crippen molar-refractivity contribution in [3.8, 4) is 17.6 Å². The van der Waals surface area contributed by atoms with Gasteiger partial charge in [-0.05, 0) is 25.5 Å². The van der Waals surface area contributed by atoms with E-state index in [1.54, 1.807) is 25.3 Å². The molecule has 0 spiro atoms. The molecule has 112 valence electrons. The first kappa shape index (κ1) is 16.6. The van der Waals surface area contributed by atoms with Crippen molar-refractivity contribution < 1.29 is 14.3 Å². The first-order chi connectivity index (χ1) is 10.2. The maximum absolute atomic E-state index is 11.9. The van der Waals surface area contributed by atoms with Gasteiger partial charge in [-0.3, -0.25) is 4.79 Å². The van der Waals surface area contributed by atoms with E-state index in [0.717, 1.165) is 6.42 Å². The molecule has 1 aromatic carbocycles. The summed E-state index contributed by atoms with van der Waals surface area (Å²) in [6.45, 7) is 4.81. The Kier molecular flexibility index (Phi) is 6.82. The van der Waals surface area contributed by atoms with Gasteiger partial charge in [0.25, 0.3) is 5.91 Å². The molecule has 1 amide bonds. The van der Waals surface area contributed by atoms with E-state index in [1.165, 1.54) is 6.08 Å². The van der Waals surface area contributed by atoms with Crippen molar-refractivity contribution in [2.45, 2.75) is 20.3 Å². The molecular formula is C16H20N2O3. The van der Waals surface area contributed by atoms with E-state index in [2.05, 4.69) is 5.32 Å². The van der Waals surface area contributed by atoms with Gasteiger partial charge in [0.05, 0.1) is 13.7 Å². The molecule has 1 N–H and O–H groups in total. The summed E-state index contributed by atoms with van der Waals surface area (Å²) in [5.41, 5.74) is 0.678. The maximum Gasteiger partial charge on any atom is 0.261 e. The predicted molar refractivity (Wildman–Crippen MR) is 81.1 cm³/mol. The van der Waals surface area contributed by atoms with E-state index < -0.39 is 0 Å². The summed E-state index contributed by atoms with van der Waals surface area (Å²) >= 11 is 0. The van der Waals surface area contributed by atoms with Crippen LogP contribution in [0.25, 0.3) is 6.08 Å². The highest BCUT2D eigenvalue weighted by Gasteiger charge is 2.13. The lowest BCUT2D eigenvalue weighted by molar-refractivity contribution is -0.117. The van der Waals surface area contributed by atoms with E-state index in [0.29, 0.717) is 30.2 Å². The fraction of sp³-hybridized carbons (Fsp3) is 0.375. The second-order valence-corrected chi connectivity index (χ2v) is 4.24. The number of hydrogen-bond donors (Lipinski definition) is 1. The van der Waals surface area contributed by atoms with E-state index in [9.17, 15) is 4.79 Å².